The Morgan fingerprint density at radius 2 is 2.07 bits per heavy atom. The van der Waals surface area contributed by atoms with E-state index in [1.54, 1.807) is 0 Å². The zero-order valence-corrected chi connectivity index (χ0v) is 11.7. The topological polar surface area (TPSA) is 32.9 Å². The maximum absolute atomic E-state index is 11.3. The summed E-state index contributed by atoms with van der Waals surface area (Å²) in [7, 11) is 0. The summed E-state index contributed by atoms with van der Waals surface area (Å²) >= 11 is 10.3. The third-order valence-electron chi connectivity index (χ3n) is 2.08. The second kappa shape index (κ2) is 3.94. The summed E-state index contributed by atoms with van der Waals surface area (Å²) in [5.74, 6) is 0. The number of fused-ring (bicyclic) bond motifs is 1. The zero-order chi connectivity index (χ0) is 10.3. The number of halogens is 3. The largest absolute Gasteiger partial charge is 0.321 e. The van der Waals surface area contributed by atoms with Gasteiger partial charge in [0.25, 0.3) is 5.56 Å². The number of allylic oxidation sites excluding steroid dienone is 1. The van der Waals surface area contributed by atoms with Crippen LogP contribution >= 0.6 is 47.8 Å². The van der Waals surface area contributed by atoms with Crippen LogP contribution in [-0.4, -0.2) is 9.81 Å². The molecule has 0 aromatic carbocycles. The van der Waals surface area contributed by atoms with E-state index >= 15 is 0 Å². The molecule has 5 heteroatoms. The highest BCUT2D eigenvalue weighted by atomic mass is 79.9. The van der Waals surface area contributed by atoms with Crippen molar-refractivity contribution in [3.8, 4) is 0 Å². The summed E-state index contributed by atoms with van der Waals surface area (Å²) in [6, 6.07) is 1.85. The van der Waals surface area contributed by atoms with Crippen LogP contribution in [-0.2, 0) is 0 Å². The van der Waals surface area contributed by atoms with Crippen molar-refractivity contribution in [3.05, 3.63) is 38.2 Å². The van der Waals surface area contributed by atoms with Gasteiger partial charge in [-0.25, -0.2) is 0 Å². The molecule has 14 heavy (non-hydrogen) atoms. The van der Waals surface area contributed by atoms with Crippen molar-refractivity contribution in [2.75, 3.05) is 0 Å². The Hall–Kier alpha value is 0.130. The highest BCUT2D eigenvalue weighted by Gasteiger charge is 2.22. The molecule has 1 N–H and O–H groups in total. The van der Waals surface area contributed by atoms with Gasteiger partial charge < -0.3 is 4.98 Å². The Morgan fingerprint density at radius 3 is 2.79 bits per heavy atom. The van der Waals surface area contributed by atoms with Crippen LogP contribution in [0.25, 0.3) is 6.08 Å². The van der Waals surface area contributed by atoms with Crippen LogP contribution in [0, 0.1) is 0 Å². The number of alkyl halides is 2. The molecule has 1 aromatic rings. The smallest absolute Gasteiger partial charge is 0.262 e. The highest BCUT2D eigenvalue weighted by molar-refractivity contribution is 9.12. The molecular weight excluding hydrogens is 378 g/mol. The molecule has 1 heterocycles. The standard InChI is InChI=1S/C9H6Br3NO/c10-5-1-2-7-4(8(5)12)3-6(11)9(14)13-7/h1-3,5,8H,(H,13,14)/t5-,8-/m1/s1. The predicted octanol–water partition coefficient (Wildman–Crippen LogP) is 3.36. The van der Waals surface area contributed by atoms with Crippen LogP contribution < -0.4 is 5.56 Å². The van der Waals surface area contributed by atoms with E-state index in [9.17, 15) is 4.79 Å². The van der Waals surface area contributed by atoms with Crippen LogP contribution in [0.15, 0.2) is 21.4 Å². The Labute approximate surface area is 106 Å². The Bertz CT molecular complexity index is 452. The van der Waals surface area contributed by atoms with Crippen molar-refractivity contribution in [2.24, 2.45) is 0 Å². The molecule has 0 amide bonds. The SMILES string of the molecule is O=c1[nH]c2c(cc1Br)[C@@H](Br)[C@H](Br)C=C2. The first-order valence-corrected chi connectivity index (χ1v) is 6.61. The average molecular weight is 384 g/mol. The van der Waals surface area contributed by atoms with Gasteiger partial charge in [0.1, 0.15) is 0 Å². The molecule has 2 nitrogen and oxygen atoms in total. The predicted molar refractivity (Wildman–Crippen MR) is 68.2 cm³/mol. The molecule has 1 aliphatic carbocycles. The quantitative estimate of drug-likeness (QED) is 0.685. The first-order chi connectivity index (χ1) is 6.59. The number of rotatable bonds is 0. The lowest BCUT2D eigenvalue weighted by atomic mass is 10.0. The summed E-state index contributed by atoms with van der Waals surface area (Å²) in [6.45, 7) is 0. The molecule has 0 saturated carbocycles. The maximum Gasteiger partial charge on any atom is 0.262 e. The molecule has 2 atom stereocenters. The molecule has 0 spiro atoms. The van der Waals surface area contributed by atoms with Gasteiger partial charge in [-0.3, -0.25) is 4.79 Å². The minimum atomic E-state index is -0.0962. The normalized spacial score (nSPS) is 24.8. The number of pyridine rings is 1. The second-order valence-electron chi connectivity index (χ2n) is 3.02. The molecule has 0 saturated heterocycles. The fourth-order valence-corrected chi connectivity index (χ4v) is 2.70. The lowest BCUT2D eigenvalue weighted by Crippen LogP contribution is -2.16. The summed E-state index contributed by atoms with van der Waals surface area (Å²) in [5.41, 5.74) is 1.86. The lowest BCUT2D eigenvalue weighted by Gasteiger charge is -2.20. The van der Waals surface area contributed by atoms with Crippen molar-refractivity contribution in [3.63, 3.8) is 0 Å². The van der Waals surface area contributed by atoms with E-state index < -0.39 is 0 Å². The van der Waals surface area contributed by atoms with Gasteiger partial charge in [-0.2, -0.15) is 0 Å². The van der Waals surface area contributed by atoms with E-state index in [2.05, 4.69) is 52.8 Å². The number of H-pyrrole nitrogens is 1. The third-order valence-corrected chi connectivity index (χ3v) is 5.28. The molecule has 0 aliphatic heterocycles. The van der Waals surface area contributed by atoms with E-state index in [-0.39, 0.29) is 15.2 Å². The van der Waals surface area contributed by atoms with Crippen LogP contribution in [0.2, 0.25) is 0 Å². The lowest BCUT2D eigenvalue weighted by molar-refractivity contribution is 0.969. The van der Waals surface area contributed by atoms with Gasteiger partial charge >= 0.3 is 0 Å². The molecule has 74 valence electrons. The van der Waals surface area contributed by atoms with Gasteiger partial charge in [0, 0.05) is 10.5 Å². The maximum atomic E-state index is 11.3. The van der Waals surface area contributed by atoms with E-state index in [1.165, 1.54) is 0 Å². The van der Waals surface area contributed by atoms with Crippen molar-refractivity contribution in [1.82, 2.24) is 4.98 Å². The first kappa shape index (κ1) is 10.6. The highest BCUT2D eigenvalue weighted by Crippen LogP contribution is 2.37. The van der Waals surface area contributed by atoms with Gasteiger partial charge in [0.2, 0.25) is 0 Å². The fraction of sp³-hybridized carbons (Fsp3) is 0.222. The number of hydrogen-bond acceptors (Lipinski definition) is 1. The molecule has 0 fully saturated rings. The minimum Gasteiger partial charge on any atom is -0.321 e. The van der Waals surface area contributed by atoms with Gasteiger partial charge in [-0.15, -0.1) is 0 Å². The molecule has 0 radical (unpaired) electrons. The minimum absolute atomic E-state index is 0.0962. The molecule has 1 aliphatic rings. The number of hydrogen-bond donors (Lipinski definition) is 1. The fourth-order valence-electron chi connectivity index (χ4n) is 1.36. The van der Waals surface area contributed by atoms with Crippen LogP contribution in [0.1, 0.15) is 16.1 Å². The molecular formula is C9H6Br3NO. The van der Waals surface area contributed by atoms with Crippen molar-refractivity contribution >= 4 is 53.9 Å². The van der Waals surface area contributed by atoms with Gasteiger partial charge in [0.15, 0.2) is 0 Å². The van der Waals surface area contributed by atoms with Gasteiger partial charge in [-0.05, 0) is 33.6 Å². The first-order valence-electron chi connectivity index (χ1n) is 3.98. The van der Waals surface area contributed by atoms with E-state index in [1.807, 2.05) is 18.2 Å². The van der Waals surface area contributed by atoms with Gasteiger partial charge in [-0.1, -0.05) is 37.9 Å². The molecule has 0 bridgehead atoms. The van der Waals surface area contributed by atoms with Crippen LogP contribution in [0.4, 0.5) is 0 Å². The zero-order valence-electron chi connectivity index (χ0n) is 6.93. The van der Waals surface area contributed by atoms with E-state index in [0.717, 1.165) is 11.3 Å². The average Bonchev–Trinajstić information content (AvgIpc) is 2.15. The van der Waals surface area contributed by atoms with E-state index in [0.29, 0.717) is 4.47 Å². The van der Waals surface area contributed by atoms with Crippen LogP contribution in [0.3, 0.4) is 0 Å². The summed E-state index contributed by atoms with van der Waals surface area (Å²) < 4.78 is 0.565. The van der Waals surface area contributed by atoms with Crippen molar-refractivity contribution in [1.29, 1.82) is 0 Å². The second-order valence-corrected chi connectivity index (χ2v) is 5.92. The molecule has 0 unspecified atom stereocenters. The van der Waals surface area contributed by atoms with Crippen molar-refractivity contribution in [2.45, 2.75) is 9.65 Å². The Balaban J connectivity index is 2.64. The Kier molecular flexibility index (Phi) is 3.00. The summed E-state index contributed by atoms with van der Waals surface area (Å²) in [6.07, 6.45) is 3.92. The third kappa shape index (κ3) is 1.77. The summed E-state index contributed by atoms with van der Waals surface area (Å²) in [4.78, 5) is 14.6. The summed E-state index contributed by atoms with van der Waals surface area (Å²) in [5, 5.41) is 0. The van der Waals surface area contributed by atoms with Gasteiger partial charge in [0.05, 0.1) is 9.30 Å². The monoisotopic (exact) mass is 381 g/mol. The molecule has 1 aromatic heterocycles. The van der Waals surface area contributed by atoms with Crippen molar-refractivity contribution < 1.29 is 0 Å². The number of aromatic nitrogens is 1. The Morgan fingerprint density at radius 1 is 1.36 bits per heavy atom. The number of nitrogens with one attached hydrogen (secondary N) is 1. The van der Waals surface area contributed by atoms with Crippen LogP contribution in [0.5, 0.6) is 0 Å². The number of aromatic amines is 1. The molecule has 2 rings (SSSR count). The van der Waals surface area contributed by atoms with E-state index in [4.69, 9.17) is 0 Å².